The van der Waals surface area contributed by atoms with Gasteiger partial charge in [0.1, 0.15) is 0 Å². The third-order valence-electron chi connectivity index (χ3n) is 3.57. The van der Waals surface area contributed by atoms with Crippen molar-refractivity contribution in [2.24, 2.45) is 0 Å². The molecule has 17 heavy (non-hydrogen) atoms. The van der Waals surface area contributed by atoms with E-state index >= 15 is 0 Å². The molecule has 0 bridgehead atoms. The molecule has 2 aromatic rings. The molecular formula is C15H19NO. The highest BCUT2D eigenvalue weighted by molar-refractivity contribution is 5.84. The molecule has 0 aliphatic carbocycles. The van der Waals surface area contributed by atoms with Crippen molar-refractivity contribution in [3.8, 4) is 0 Å². The van der Waals surface area contributed by atoms with Crippen molar-refractivity contribution < 1.29 is 5.11 Å². The standard InChI is InChI=1S/C15H19NO/c1-3-15(17,4-2)11-14-13-8-6-5-7-12(13)9-10-16-14/h5-10,17H,3-4,11H2,1-2H3. The van der Waals surface area contributed by atoms with Crippen molar-refractivity contribution in [1.82, 2.24) is 4.98 Å². The highest BCUT2D eigenvalue weighted by atomic mass is 16.3. The number of hydrogen-bond acceptors (Lipinski definition) is 2. The molecule has 1 aromatic heterocycles. The van der Waals surface area contributed by atoms with Crippen LogP contribution in [0.3, 0.4) is 0 Å². The van der Waals surface area contributed by atoms with E-state index in [1.54, 1.807) is 0 Å². The number of rotatable bonds is 4. The third kappa shape index (κ3) is 2.47. The number of aliphatic hydroxyl groups is 1. The van der Waals surface area contributed by atoms with Crippen LogP contribution in [0.4, 0.5) is 0 Å². The summed E-state index contributed by atoms with van der Waals surface area (Å²) in [6.45, 7) is 4.04. The van der Waals surface area contributed by atoms with Crippen molar-refractivity contribution in [2.45, 2.75) is 38.7 Å². The molecular weight excluding hydrogens is 210 g/mol. The molecule has 0 fully saturated rings. The molecule has 2 nitrogen and oxygen atoms in total. The quantitative estimate of drug-likeness (QED) is 0.872. The zero-order valence-corrected chi connectivity index (χ0v) is 10.5. The molecule has 0 spiro atoms. The van der Waals surface area contributed by atoms with Crippen LogP contribution in [0.1, 0.15) is 32.4 Å². The van der Waals surface area contributed by atoms with E-state index in [9.17, 15) is 5.11 Å². The van der Waals surface area contributed by atoms with Crippen molar-refractivity contribution in [2.75, 3.05) is 0 Å². The average molecular weight is 229 g/mol. The van der Waals surface area contributed by atoms with Crippen LogP contribution in [0.5, 0.6) is 0 Å². The maximum atomic E-state index is 10.4. The minimum absolute atomic E-state index is 0.626. The van der Waals surface area contributed by atoms with Gasteiger partial charge in [0.05, 0.1) is 11.3 Å². The van der Waals surface area contributed by atoms with E-state index in [2.05, 4.69) is 17.1 Å². The van der Waals surface area contributed by atoms with Gasteiger partial charge in [-0.1, -0.05) is 38.1 Å². The largest absolute Gasteiger partial charge is 0.390 e. The molecule has 0 radical (unpaired) electrons. The zero-order valence-electron chi connectivity index (χ0n) is 10.5. The van der Waals surface area contributed by atoms with Gasteiger partial charge in [0.2, 0.25) is 0 Å². The fourth-order valence-electron chi connectivity index (χ4n) is 2.13. The minimum Gasteiger partial charge on any atom is -0.390 e. The minimum atomic E-state index is -0.628. The molecule has 2 heteroatoms. The Balaban J connectivity index is 2.42. The van der Waals surface area contributed by atoms with Crippen LogP contribution in [-0.4, -0.2) is 15.7 Å². The van der Waals surface area contributed by atoms with E-state index in [4.69, 9.17) is 0 Å². The summed E-state index contributed by atoms with van der Waals surface area (Å²) in [5.41, 5.74) is 0.367. The molecule has 0 saturated heterocycles. The summed E-state index contributed by atoms with van der Waals surface area (Å²) in [5.74, 6) is 0. The topological polar surface area (TPSA) is 33.1 Å². The molecule has 90 valence electrons. The van der Waals surface area contributed by atoms with Crippen LogP contribution in [0.2, 0.25) is 0 Å². The van der Waals surface area contributed by atoms with Crippen LogP contribution in [-0.2, 0) is 6.42 Å². The van der Waals surface area contributed by atoms with Crippen LogP contribution >= 0.6 is 0 Å². The molecule has 0 saturated carbocycles. The normalized spacial score (nSPS) is 11.9. The summed E-state index contributed by atoms with van der Waals surface area (Å²) >= 11 is 0. The Labute approximate surface area is 102 Å². The third-order valence-corrected chi connectivity index (χ3v) is 3.57. The predicted molar refractivity (Wildman–Crippen MR) is 71.0 cm³/mol. The summed E-state index contributed by atoms with van der Waals surface area (Å²) in [6, 6.07) is 10.2. The second-order valence-corrected chi connectivity index (χ2v) is 4.59. The van der Waals surface area contributed by atoms with Gasteiger partial charge in [0.15, 0.2) is 0 Å². The summed E-state index contributed by atoms with van der Waals surface area (Å²) in [6.07, 6.45) is 3.97. The van der Waals surface area contributed by atoms with E-state index in [-0.39, 0.29) is 0 Å². The second kappa shape index (κ2) is 4.84. The van der Waals surface area contributed by atoms with Crippen molar-refractivity contribution in [1.29, 1.82) is 0 Å². The van der Waals surface area contributed by atoms with E-state index in [1.165, 1.54) is 5.39 Å². The lowest BCUT2D eigenvalue weighted by Gasteiger charge is -2.25. The van der Waals surface area contributed by atoms with Gasteiger partial charge in [0, 0.05) is 18.0 Å². The van der Waals surface area contributed by atoms with E-state index in [0.29, 0.717) is 6.42 Å². The van der Waals surface area contributed by atoms with Gasteiger partial charge < -0.3 is 5.11 Å². The first kappa shape index (κ1) is 12.1. The Morgan fingerprint density at radius 2 is 1.82 bits per heavy atom. The Hall–Kier alpha value is -1.41. The van der Waals surface area contributed by atoms with Crippen molar-refractivity contribution in [3.63, 3.8) is 0 Å². The smallest absolute Gasteiger partial charge is 0.0698 e. The Morgan fingerprint density at radius 1 is 1.12 bits per heavy atom. The molecule has 0 aliphatic rings. The molecule has 1 heterocycles. The average Bonchev–Trinajstić information content (AvgIpc) is 2.39. The maximum absolute atomic E-state index is 10.4. The van der Waals surface area contributed by atoms with Crippen LogP contribution in [0.15, 0.2) is 36.5 Å². The number of aromatic nitrogens is 1. The molecule has 2 rings (SSSR count). The lowest BCUT2D eigenvalue weighted by atomic mass is 9.90. The van der Waals surface area contributed by atoms with Crippen LogP contribution in [0, 0.1) is 0 Å². The van der Waals surface area contributed by atoms with Crippen LogP contribution in [0.25, 0.3) is 10.8 Å². The highest BCUT2D eigenvalue weighted by Crippen LogP contribution is 2.24. The fourth-order valence-corrected chi connectivity index (χ4v) is 2.13. The maximum Gasteiger partial charge on any atom is 0.0698 e. The summed E-state index contributed by atoms with van der Waals surface area (Å²) < 4.78 is 0. The zero-order chi connectivity index (χ0) is 12.3. The van der Waals surface area contributed by atoms with Gasteiger partial charge in [0.25, 0.3) is 0 Å². The molecule has 1 N–H and O–H groups in total. The van der Waals surface area contributed by atoms with Crippen molar-refractivity contribution in [3.05, 3.63) is 42.2 Å². The first-order valence-electron chi connectivity index (χ1n) is 6.23. The number of hydrogen-bond donors (Lipinski definition) is 1. The molecule has 0 atom stereocenters. The predicted octanol–water partition coefficient (Wildman–Crippen LogP) is 3.33. The van der Waals surface area contributed by atoms with Gasteiger partial charge in [-0.15, -0.1) is 0 Å². The summed E-state index contributed by atoms with van der Waals surface area (Å²) in [4.78, 5) is 4.43. The van der Waals surface area contributed by atoms with E-state index in [0.717, 1.165) is 23.9 Å². The lowest BCUT2D eigenvalue weighted by molar-refractivity contribution is 0.0321. The molecule has 0 aliphatic heterocycles. The first-order chi connectivity index (χ1) is 8.18. The monoisotopic (exact) mass is 229 g/mol. The molecule has 1 aromatic carbocycles. The summed E-state index contributed by atoms with van der Waals surface area (Å²) in [5, 5.41) is 12.7. The van der Waals surface area contributed by atoms with Gasteiger partial charge in [-0.25, -0.2) is 0 Å². The Bertz CT molecular complexity index is 498. The lowest BCUT2D eigenvalue weighted by Crippen LogP contribution is -2.29. The summed E-state index contributed by atoms with van der Waals surface area (Å²) in [7, 11) is 0. The highest BCUT2D eigenvalue weighted by Gasteiger charge is 2.24. The van der Waals surface area contributed by atoms with Gasteiger partial charge >= 0.3 is 0 Å². The second-order valence-electron chi connectivity index (χ2n) is 4.59. The number of pyridine rings is 1. The van der Waals surface area contributed by atoms with Crippen molar-refractivity contribution >= 4 is 10.8 Å². The van der Waals surface area contributed by atoms with E-state index < -0.39 is 5.60 Å². The SMILES string of the molecule is CCC(O)(CC)Cc1nccc2ccccc12. The first-order valence-corrected chi connectivity index (χ1v) is 6.23. The van der Waals surface area contributed by atoms with Gasteiger partial charge in [-0.05, 0) is 24.3 Å². The Kier molecular flexibility index (Phi) is 3.43. The van der Waals surface area contributed by atoms with E-state index in [1.807, 2.05) is 38.2 Å². The Morgan fingerprint density at radius 3 is 2.53 bits per heavy atom. The molecule has 0 unspecified atom stereocenters. The van der Waals surface area contributed by atoms with Gasteiger partial charge in [-0.2, -0.15) is 0 Å². The number of benzene rings is 1. The fraction of sp³-hybridized carbons (Fsp3) is 0.400. The van der Waals surface area contributed by atoms with Crippen LogP contribution < -0.4 is 0 Å². The molecule has 0 amide bonds. The number of nitrogens with zero attached hydrogens (tertiary/aromatic N) is 1. The number of fused-ring (bicyclic) bond motifs is 1. The van der Waals surface area contributed by atoms with Gasteiger partial charge in [-0.3, -0.25) is 4.98 Å².